The Labute approximate surface area is 165 Å². The molecule has 7 nitrogen and oxygen atoms in total. The number of anilines is 3. The predicted molar refractivity (Wildman–Crippen MR) is 108 cm³/mol. The Morgan fingerprint density at radius 3 is 2.56 bits per heavy atom. The van der Waals surface area contributed by atoms with E-state index >= 15 is 0 Å². The number of carbonyl (C=O) groups excluding carboxylic acids is 2. The molecule has 1 saturated heterocycles. The molecule has 2 amide bonds. The lowest BCUT2D eigenvalue weighted by atomic mass is 10.1. The maximum absolute atomic E-state index is 12.6. The van der Waals surface area contributed by atoms with Crippen molar-refractivity contribution in [2.24, 2.45) is 5.92 Å². The molecule has 0 radical (unpaired) electrons. The monoisotopic (exact) mass is 451 g/mol. The van der Waals surface area contributed by atoms with Gasteiger partial charge in [-0.25, -0.2) is 8.42 Å². The molecule has 0 saturated carbocycles. The van der Waals surface area contributed by atoms with Gasteiger partial charge in [0.2, 0.25) is 21.8 Å². The number of hydrogen-bond acceptors (Lipinski definition) is 4. The van der Waals surface area contributed by atoms with Crippen LogP contribution in [0.1, 0.15) is 6.42 Å². The van der Waals surface area contributed by atoms with Crippen LogP contribution in [0.25, 0.3) is 0 Å². The zero-order valence-corrected chi connectivity index (χ0v) is 16.9. The largest absolute Gasteiger partial charge is 0.326 e. The van der Waals surface area contributed by atoms with Crippen molar-refractivity contribution in [1.82, 2.24) is 0 Å². The molecule has 1 aliphatic heterocycles. The third kappa shape index (κ3) is 5.08. The van der Waals surface area contributed by atoms with Gasteiger partial charge in [0.1, 0.15) is 0 Å². The van der Waals surface area contributed by atoms with E-state index in [2.05, 4.69) is 26.0 Å². The van der Waals surface area contributed by atoms with Crippen LogP contribution >= 0.6 is 15.9 Å². The molecule has 1 atom stereocenters. The summed E-state index contributed by atoms with van der Waals surface area (Å²) in [4.78, 5) is 26.5. The highest BCUT2D eigenvalue weighted by Gasteiger charge is 2.35. The molecule has 0 unspecified atom stereocenters. The topological polar surface area (TPSA) is 95.6 Å². The Hall–Kier alpha value is -2.39. The fourth-order valence-corrected chi connectivity index (χ4v) is 3.84. The molecule has 2 aromatic carbocycles. The summed E-state index contributed by atoms with van der Waals surface area (Å²) in [5.41, 5.74) is 1.56. The molecule has 1 heterocycles. The maximum atomic E-state index is 12.6. The van der Waals surface area contributed by atoms with E-state index in [-0.39, 0.29) is 18.2 Å². The maximum Gasteiger partial charge on any atom is 0.229 e. The summed E-state index contributed by atoms with van der Waals surface area (Å²) < 4.78 is 25.9. The Balaban J connectivity index is 1.69. The standard InChI is InChI=1S/C18H18BrN3O4S/c1-27(25,26)21-15-6-3-5-14(10-15)20-18(24)12-8-17(23)22(11-12)16-7-2-4-13(19)9-16/h2-7,9-10,12,21H,8,11H2,1H3,(H,20,24)/t12-/m0/s1. The highest BCUT2D eigenvalue weighted by molar-refractivity contribution is 9.10. The SMILES string of the molecule is CS(=O)(=O)Nc1cccc(NC(=O)[C@H]2CC(=O)N(c3cccc(Br)c3)C2)c1. The van der Waals surface area contributed by atoms with Crippen molar-refractivity contribution in [3.63, 3.8) is 0 Å². The summed E-state index contributed by atoms with van der Waals surface area (Å²) in [6.07, 6.45) is 1.18. The van der Waals surface area contributed by atoms with E-state index in [9.17, 15) is 18.0 Å². The van der Waals surface area contributed by atoms with Crippen LogP contribution in [0.3, 0.4) is 0 Å². The quantitative estimate of drug-likeness (QED) is 0.730. The molecule has 3 rings (SSSR count). The van der Waals surface area contributed by atoms with Crippen LogP contribution in [0.2, 0.25) is 0 Å². The molecule has 0 aliphatic carbocycles. The summed E-state index contributed by atoms with van der Waals surface area (Å²) in [6, 6.07) is 13.8. The second-order valence-electron chi connectivity index (χ2n) is 6.33. The van der Waals surface area contributed by atoms with Crippen LogP contribution < -0.4 is 14.9 Å². The number of sulfonamides is 1. The van der Waals surface area contributed by atoms with Crippen molar-refractivity contribution in [2.45, 2.75) is 6.42 Å². The van der Waals surface area contributed by atoms with E-state index in [4.69, 9.17) is 0 Å². The minimum absolute atomic E-state index is 0.110. The molecule has 9 heteroatoms. The molecule has 2 aromatic rings. The van der Waals surface area contributed by atoms with Crippen molar-refractivity contribution in [2.75, 3.05) is 27.7 Å². The fraction of sp³-hybridized carbons (Fsp3) is 0.222. The van der Waals surface area contributed by atoms with Gasteiger partial charge in [-0.1, -0.05) is 28.1 Å². The van der Waals surface area contributed by atoms with Crippen molar-refractivity contribution >= 4 is 54.8 Å². The summed E-state index contributed by atoms with van der Waals surface area (Å²) in [5, 5.41) is 2.75. The van der Waals surface area contributed by atoms with Crippen LogP contribution in [0.5, 0.6) is 0 Å². The minimum atomic E-state index is -3.40. The van der Waals surface area contributed by atoms with Gasteiger partial charge in [0.15, 0.2) is 0 Å². The fourth-order valence-electron chi connectivity index (χ4n) is 2.90. The third-order valence-corrected chi connectivity index (χ3v) is 5.15. The smallest absolute Gasteiger partial charge is 0.229 e. The minimum Gasteiger partial charge on any atom is -0.326 e. The first kappa shape index (κ1) is 19.4. The number of nitrogens with zero attached hydrogens (tertiary/aromatic N) is 1. The molecule has 142 valence electrons. The van der Waals surface area contributed by atoms with Crippen LogP contribution in [0, 0.1) is 5.92 Å². The number of halogens is 1. The van der Waals surface area contributed by atoms with Gasteiger partial charge < -0.3 is 10.2 Å². The lowest BCUT2D eigenvalue weighted by Gasteiger charge is -2.17. The molecule has 0 bridgehead atoms. The number of benzene rings is 2. The average Bonchev–Trinajstić information content (AvgIpc) is 2.95. The Morgan fingerprint density at radius 1 is 1.15 bits per heavy atom. The van der Waals surface area contributed by atoms with Gasteiger partial charge in [0.05, 0.1) is 17.9 Å². The van der Waals surface area contributed by atoms with E-state index in [1.54, 1.807) is 23.1 Å². The number of amides is 2. The number of nitrogens with one attached hydrogen (secondary N) is 2. The highest BCUT2D eigenvalue weighted by atomic mass is 79.9. The van der Waals surface area contributed by atoms with Crippen LogP contribution in [0.15, 0.2) is 53.0 Å². The number of carbonyl (C=O) groups is 2. The van der Waals surface area contributed by atoms with Gasteiger partial charge in [0, 0.05) is 28.8 Å². The van der Waals surface area contributed by atoms with Gasteiger partial charge in [-0.2, -0.15) is 0 Å². The molecule has 0 spiro atoms. The summed E-state index contributed by atoms with van der Waals surface area (Å²) in [6.45, 7) is 0.294. The normalized spacial score (nSPS) is 17.0. The van der Waals surface area contributed by atoms with Crippen molar-refractivity contribution in [1.29, 1.82) is 0 Å². The predicted octanol–water partition coefficient (Wildman–Crippen LogP) is 2.81. The second-order valence-corrected chi connectivity index (χ2v) is 8.99. The lowest BCUT2D eigenvalue weighted by molar-refractivity contribution is -0.122. The van der Waals surface area contributed by atoms with Crippen molar-refractivity contribution < 1.29 is 18.0 Å². The summed E-state index contributed by atoms with van der Waals surface area (Å²) in [5.74, 6) is -0.874. The van der Waals surface area contributed by atoms with E-state index in [0.29, 0.717) is 17.9 Å². The van der Waals surface area contributed by atoms with Gasteiger partial charge in [-0.05, 0) is 36.4 Å². The molecular formula is C18H18BrN3O4S. The van der Waals surface area contributed by atoms with Gasteiger partial charge in [-0.15, -0.1) is 0 Å². The highest BCUT2D eigenvalue weighted by Crippen LogP contribution is 2.28. The Bertz CT molecular complexity index is 994. The Kier molecular flexibility index (Phi) is 5.52. The molecule has 1 fully saturated rings. The molecular weight excluding hydrogens is 434 g/mol. The van der Waals surface area contributed by atoms with E-state index in [1.807, 2.05) is 24.3 Å². The van der Waals surface area contributed by atoms with Crippen LogP contribution in [-0.4, -0.2) is 33.0 Å². The van der Waals surface area contributed by atoms with E-state index in [0.717, 1.165) is 16.4 Å². The summed E-state index contributed by atoms with van der Waals surface area (Å²) in [7, 11) is -3.40. The molecule has 0 aromatic heterocycles. The number of rotatable bonds is 5. The first-order chi connectivity index (χ1) is 12.7. The van der Waals surface area contributed by atoms with Gasteiger partial charge in [-0.3, -0.25) is 14.3 Å². The molecule has 1 aliphatic rings. The van der Waals surface area contributed by atoms with Crippen molar-refractivity contribution in [3.8, 4) is 0 Å². The second kappa shape index (κ2) is 7.69. The van der Waals surface area contributed by atoms with E-state index in [1.165, 1.54) is 6.07 Å². The van der Waals surface area contributed by atoms with Crippen molar-refractivity contribution in [3.05, 3.63) is 53.0 Å². The molecule has 27 heavy (non-hydrogen) atoms. The molecule has 2 N–H and O–H groups in total. The summed E-state index contributed by atoms with van der Waals surface area (Å²) >= 11 is 3.38. The van der Waals surface area contributed by atoms with Crippen LogP contribution in [-0.2, 0) is 19.6 Å². The average molecular weight is 452 g/mol. The van der Waals surface area contributed by atoms with Crippen LogP contribution in [0.4, 0.5) is 17.1 Å². The third-order valence-electron chi connectivity index (χ3n) is 4.05. The van der Waals surface area contributed by atoms with E-state index < -0.39 is 15.9 Å². The number of hydrogen-bond donors (Lipinski definition) is 2. The van der Waals surface area contributed by atoms with Gasteiger partial charge in [0.25, 0.3) is 0 Å². The van der Waals surface area contributed by atoms with Gasteiger partial charge >= 0.3 is 0 Å². The zero-order valence-electron chi connectivity index (χ0n) is 14.5. The lowest BCUT2D eigenvalue weighted by Crippen LogP contribution is -2.28. The zero-order chi connectivity index (χ0) is 19.6. The first-order valence-corrected chi connectivity index (χ1v) is 10.8. The first-order valence-electron chi connectivity index (χ1n) is 8.16. The Morgan fingerprint density at radius 2 is 1.85 bits per heavy atom.